The van der Waals surface area contributed by atoms with Crippen LogP contribution in [0.1, 0.15) is 52.1 Å². The van der Waals surface area contributed by atoms with Crippen LogP contribution in [0.25, 0.3) is 0 Å². The van der Waals surface area contributed by atoms with E-state index in [9.17, 15) is 9.59 Å². The molecule has 1 atom stereocenters. The number of nitrogens with zero attached hydrogens (tertiary/aromatic N) is 2. The van der Waals surface area contributed by atoms with Gasteiger partial charge in [0.25, 0.3) is 11.8 Å². The molecule has 2 aliphatic rings. The highest BCUT2D eigenvalue weighted by Crippen LogP contribution is 2.22. The number of hydrogen-bond donors (Lipinski definition) is 0. The molecule has 4 rings (SSSR count). The first-order chi connectivity index (χ1) is 14.2. The summed E-state index contributed by atoms with van der Waals surface area (Å²) in [4.78, 5) is 29.8. The fourth-order valence-corrected chi connectivity index (χ4v) is 4.82. The Kier molecular flexibility index (Phi) is 6.49. The zero-order chi connectivity index (χ0) is 20.1. The van der Waals surface area contributed by atoms with Gasteiger partial charge in [-0.15, -0.1) is 11.3 Å². The minimum atomic E-state index is 0.117. The van der Waals surface area contributed by atoms with Crippen LogP contribution < -0.4 is 4.74 Å². The van der Waals surface area contributed by atoms with Crippen molar-refractivity contribution in [1.82, 2.24) is 9.80 Å². The van der Waals surface area contributed by atoms with Gasteiger partial charge < -0.3 is 14.5 Å². The molecule has 154 valence electrons. The Hall–Kier alpha value is -2.34. The van der Waals surface area contributed by atoms with Gasteiger partial charge in [-0.2, -0.15) is 0 Å². The number of likely N-dealkylation sites (tertiary alicyclic amines) is 2. The van der Waals surface area contributed by atoms with Crippen LogP contribution in [0.5, 0.6) is 5.75 Å². The summed E-state index contributed by atoms with van der Waals surface area (Å²) in [6.07, 6.45) is 5.49. The Morgan fingerprint density at radius 3 is 2.41 bits per heavy atom. The predicted octanol–water partition coefficient (Wildman–Crippen LogP) is 4.31. The maximum absolute atomic E-state index is 12.6. The summed E-state index contributed by atoms with van der Waals surface area (Å²) < 4.78 is 5.98. The third-order valence-electron chi connectivity index (χ3n) is 5.77. The quantitative estimate of drug-likeness (QED) is 0.735. The first-order valence-corrected chi connectivity index (χ1v) is 11.4. The van der Waals surface area contributed by atoms with Gasteiger partial charge in [0.2, 0.25) is 0 Å². The molecular formula is C23H28N2O3S. The summed E-state index contributed by atoms with van der Waals surface area (Å²) in [5.74, 6) is 1.36. The smallest absolute Gasteiger partial charge is 0.263 e. The normalized spacial score (nSPS) is 19.8. The lowest BCUT2D eigenvalue weighted by Gasteiger charge is -2.32. The van der Waals surface area contributed by atoms with Gasteiger partial charge >= 0.3 is 0 Å². The largest absolute Gasteiger partial charge is 0.493 e. The second-order valence-electron chi connectivity index (χ2n) is 7.92. The molecule has 0 aliphatic carbocycles. The van der Waals surface area contributed by atoms with Crippen LogP contribution in [0.3, 0.4) is 0 Å². The first kappa shape index (κ1) is 20.0. The molecular weight excluding hydrogens is 384 g/mol. The van der Waals surface area contributed by atoms with Gasteiger partial charge in [-0.3, -0.25) is 9.59 Å². The van der Waals surface area contributed by atoms with Crippen molar-refractivity contribution in [2.45, 2.75) is 32.1 Å². The molecule has 1 aromatic heterocycles. The highest BCUT2D eigenvalue weighted by Gasteiger charge is 2.25. The molecule has 5 nitrogen and oxygen atoms in total. The third-order valence-corrected chi connectivity index (χ3v) is 6.63. The fourth-order valence-electron chi connectivity index (χ4n) is 4.13. The summed E-state index contributed by atoms with van der Waals surface area (Å²) in [5.41, 5.74) is 0.727. The van der Waals surface area contributed by atoms with Crippen LogP contribution >= 0.6 is 11.3 Å². The summed E-state index contributed by atoms with van der Waals surface area (Å²) in [6.45, 7) is 3.87. The molecule has 0 saturated carbocycles. The van der Waals surface area contributed by atoms with Crippen molar-refractivity contribution in [1.29, 1.82) is 0 Å². The van der Waals surface area contributed by atoms with E-state index in [1.165, 1.54) is 17.8 Å². The average Bonchev–Trinajstić information content (AvgIpc) is 3.33. The molecule has 3 heterocycles. The van der Waals surface area contributed by atoms with Gasteiger partial charge in [0.15, 0.2) is 0 Å². The Labute approximate surface area is 176 Å². The Bertz CT molecular complexity index is 813. The van der Waals surface area contributed by atoms with Crippen molar-refractivity contribution in [2.75, 3.05) is 32.8 Å². The fraction of sp³-hybridized carbons (Fsp3) is 0.478. The van der Waals surface area contributed by atoms with E-state index in [-0.39, 0.29) is 11.8 Å². The molecule has 2 amide bonds. The van der Waals surface area contributed by atoms with E-state index in [1.54, 1.807) is 0 Å². The summed E-state index contributed by atoms with van der Waals surface area (Å²) in [7, 11) is 0. The number of hydrogen-bond acceptors (Lipinski definition) is 4. The molecule has 29 heavy (non-hydrogen) atoms. The monoisotopic (exact) mass is 412 g/mol. The Balaban J connectivity index is 1.28. The van der Waals surface area contributed by atoms with E-state index in [1.807, 2.05) is 51.6 Å². The van der Waals surface area contributed by atoms with Crippen molar-refractivity contribution >= 4 is 23.2 Å². The van der Waals surface area contributed by atoms with Gasteiger partial charge in [-0.1, -0.05) is 6.07 Å². The number of thiophene rings is 1. The lowest BCUT2D eigenvalue weighted by Crippen LogP contribution is -2.41. The second-order valence-corrected chi connectivity index (χ2v) is 8.87. The number of benzene rings is 1. The van der Waals surface area contributed by atoms with Crippen LogP contribution in [0.4, 0.5) is 0 Å². The predicted molar refractivity (Wildman–Crippen MR) is 115 cm³/mol. The van der Waals surface area contributed by atoms with Gasteiger partial charge in [0.05, 0.1) is 11.5 Å². The standard InChI is InChI=1S/C23H28N2O3S/c26-22(24-12-2-1-3-13-24)19-8-10-20(11-9-19)28-17-18-6-4-14-25(16-18)23(27)21-7-5-15-29-21/h5,7-11,15,18H,1-4,6,12-14,16-17H2/t18-/m0/s1. The van der Waals surface area contributed by atoms with Crippen LogP contribution in [0.2, 0.25) is 0 Å². The van der Waals surface area contributed by atoms with Crippen LogP contribution in [-0.4, -0.2) is 54.4 Å². The lowest BCUT2D eigenvalue weighted by molar-refractivity contribution is 0.0638. The molecule has 0 radical (unpaired) electrons. The number of ether oxygens (including phenoxy) is 1. The Morgan fingerprint density at radius 1 is 0.931 bits per heavy atom. The van der Waals surface area contributed by atoms with Gasteiger partial charge in [0.1, 0.15) is 5.75 Å². The van der Waals surface area contributed by atoms with Crippen molar-refractivity contribution in [3.8, 4) is 5.75 Å². The molecule has 2 aromatic rings. The lowest BCUT2D eigenvalue weighted by atomic mass is 9.99. The van der Waals surface area contributed by atoms with E-state index in [0.29, 0.717) is 12.5 Å². The molecule has 0 unspecified atom stereocenters. The topological polar surface area (TPSA) is 49.9 Å². The minimum absolute atomic E-state index is 0.117. The Morgan fingerprint density at radius 2 is 1.69 bits per heavy atom. The first-order valence-electron chi connectivity index (χ1n) is 10.6. The zero-order valence-electron chi connectivity index (χ0n) is 16.7. The van der Waals surface area contributed by atoms with Crippen molar-refractivity contribution < 1.29 is 14.3 Å². The molecule has 2 aliphatic heterocycles. The third kappa shape index (κ3) is 4.99. The molecule has 6 heteroatoms. The van der Waals surface area contributed by atoms with Crippen molar-refractivity contribution in [3.63, 3.8) is 0 Å². The summed E-state index contributed by atoms with van der Waals surface area (Å²) >= 11 is 1.50. The molecule has 0 bridgehead atoms. The number of rotatable bonds is 5. The molecule has 1 aromatic carbocycles. The number of carbonyl (C=O) groups is 2. The zero-order valence-corrected chi connectivity index (χ0v) is 17.5. The molecule has 0 spiro atoms. The van der Waals surface area contributed by atoms with E-state index in [4.69, 9.17) is 4.74 Å². The van der Waals surface area contributed by atoms with Crippen molar-refractivity contribution in [3.05, 3.63) is 52.2 Å². The van der Waals surface area contributed by atoms with Crippen LogP contribution in [0, 0.1) is 5.92 Å². The second kappa shape index (κ2) is 9.44. The summed E-state index contributed by atoms with van der Waals surface area (Å²) in [6, 6.07) is 11.3. The maximum atomic E-state index is 12.6. The van der Waals surface area contributed by atoms with E-state index in [0.717, 1.165) is 68.1 Å². The minimum Gasteiger partial charge on any atom is -0.493 e. The van der Waals surface area contributed by atoms with Gasteiger partial charge in [-0.05, 0) is 67.8 Å². The molecule has 0 N–H and O–H groups in total. The number of piperidine rings is 2. The number of carbonyl (C=O) groups excluding carboxylic acids is 2. The van der Waals surface area contributed by atoms with Crippen LogP contribution in [0.15, 0.2) is 41.8 Å². The highest BCUT2D eigenvalue weighted by molar-refractivity contribution is 7.12. The highest BCUT2D eigenvalue weighted by atomic mass is 32.1. The van der Waals surface area contributed by atoms with Crippen molar-refractivity contribution in [2.24, 2.45) is 5.92 Å². The molecule has 2 saturated heterocycles. The average molecular weight is 413 g/mol. The molecule has 2 fully saturated rings. The van der Waals surface area contributed by atoms with Crippen LogP contribution in [-0.2, 0) is 0 Å². The van der Waals surface area contributed by atoms with Gasteiger partial charge in [-0.25, -0.2) is 0 Å². The van der Waals surface area contributed by atoms with E-state index < -0.39 is 0 Å². The summed E-state index contributed by atoms with van der Waals surface area (Å²) in [5, 5.41) is 1.94. The van der Waals surface area contributed by atoms with Gasteiger partial charge in [0, 0.05) is 37.7 Å². The maximum Gasteiger partial charge on any atom is 0.263 e. The van der Waals surface area contributed by atoms with E-state index in [2.05, 4.69) is 0 Å². The SMILES string of the molecule is O=C(c1ccc(OC[C@H]2CCCN(C(=O)c3cccs3)C2)cc1)N1CCCCC1. The van der Waals surface area contributed by atoms with E-state index >= 15 is 0 Å². The number of amides is 2.